The number of nitrogens with zero attached hydrogens (tertiary/aromatic N) is 2. The van der Waals surface area contributed by atoms with Gasteiger partial charge in [0.1, 0.15) is 0 Å². The molecule has 0 aliphatic rings. The molecule has 0 saturated heterocycles. The zero-order valence-electron chi connectivity index (χ0n) is 10.2. The van der Waals surface area contributed by atoms with Crippen LogP contribution in [-0.4, -0.2) is 26.9 Å². The Labute approximate surface area is 106 Å². The molecule has 0 aliphatic carbocycles. The van der Waals surface area contributed by atoms with Crippen molar-refractivity contribution < 1.29 is 10.0 Å². The van der Waals surface area contributed by atoms with E-state index in [1.165, 1.54) is 0 Å². The predicted octanol–water partition coefficient (Wildman–Crippen LogP) is 0.724. The molecule has 2 N–H and O–H groups in total. The van der Waals surface area contributed by atoms with Crippen LogP contribution in [0.3, 0.4) is 0 Å². The van der Waals surface area contributed by atoms with Gasteiger partial charge in [0.25, 0.3) is 0 Å². The Balaban J connectivity index is 2.39. The summed E-state index contributed by atoms with van der Waals surface area (Å²) >= 11 is 0. The van der Waals surface area contributed by atoms with E-state index < -0.39 is 7.12 Å². The van der Waals surface area contributed by atoms with Crippen LogP contribution in [-0.2, 0) is 6.54 Å². The first kappa shape index (κ1) is 12.6. The van der Waals surface area contributed by atoms with Crippen molar-refractivity contribution in [3.8, 4) is 11.1 Å². The quantitative estimate of drug-likeness (QED) is 0.613. The number of benzene rings is 1. The van der Waals surface area contributed by atoms with Gasteiger partial charge in [-0.3, -0.25) is 4.68 Å². The summed E-state index contributed by atoms with van der Waals surface area (Å²) < 4.78 is 1.78. The van der Waals surface area contributed by atoms with Gasteiger partial charge in [0, 0.05) is 11.8 Å². The third-order valence-corrected chi connectivity index (χ3v) is 2.68. The van der Waals surface area contributed by atoms with Crippen molar-refractivity contribution in [1.29, 1.82) is 0 Å². The maximum Gasteiger partial charge on any atom is 0.488 e. The highest BCUT2D eigenvalue weighted by Gasteiger charge is 2.13. The van der Waals surface area contributed by atoms with Gasteiger partial charge in [0.05, 0.1) is 12.7 Å². The van der Waals surface area contributed by atoms with Gasteiger partial charge in [-0.25, -0.2) is 0 Å². The second-order valence-electron chi connectivity index (χ2n) is 4.25. The molecule has 0 spiro atoms. The molecule has 0 bridgehead atoms. The molecule has 18 heavy (non-hydrogen) atoms. The minimum absolute atomic E-state index is 0.487. The zero-order chi connectivity index (χ0) is 13.1. The van der Waals surface area contributed by atoms with Crippen molar-refractivity contribution >= 4 is 12.6 Å². The molecule has 1 aromatic carbocycles. The van der Waals surface area contributed by atoms with Crippen LogP contribution in [0.25, 0.3) is 11.1 Å². The number of aryl methyl sites for hydroxylation is 1. The average Bonchev–Trinajstić information content (AvgIpc) is 2.77. The van der Waals surface area contributed by atoms with Crippen molar-refractivity contribution in [2.24, 2.45) is 0 Å². The van der Waals surface area contributed by atoms with E-state index in [4.69, 9.17) is 0 Å². The number of aromatic nitrogens is 2. The fraction of sp³-hybridized carbons (Fsp3) is 0.154. The zero-order valence-corrected chi connectivity index (χ0v) is 10.2. The SMILES string of the molecule is C=CCn1cc(-c2cc(C)cc(B(O)O)c2)cn1. The molecule has 1 aromatic heterocycles. The maximum absolute atomic E-state index is 9.23. The Hall–Kier alpha value is -1.85. The summed E-state index contributed by atoms with van der Waals surface area (Å²) in [5.41, 5.74) is 3.34. The Bertz CT molecular complexity index is 564. The van der Waals surface area contributed by atoms with Gasteiger partial charge in [0.2, 0.25) is 0 Å². The van der Waals surface area contributed by atoms with Gasteiger partial charge < -0.3 is 10.0 Å². The van der Waals surface area contributed by atoms with E-state index in [-0.39, 0.29) is 0 Å². The van der Waals surface area contributed by atoms with Crippen molar-refractivity contribution in [2.75, 3.05) is 0 Å². The van der Waals surface area contributed by atoms with Crippen LogP contribution in [0, 0.1) is 6.92 Å². The molecule has 0 unspecified atom stereocenters. The van der Waals surface area contributed by atoms with Crippen LogP contribution in [0.2, 0.25) is 0 Å². The Morgan fingerprint density at radius 2 is 2.11 bits per heavy atom. The van der Waals surface area contributed by atoms with E-state index in [1.807, 2.05) is 19.2 Å². The Kier molecular flexibility index (Phi) is 3.65. The van der Waals surface area contributed by atoms with E-state index in [1.54, 1.807) is 29.1 Å². The minimum atomic E-state index is -1.45. The molecule has 4 nitrogen and oxygen atoms in total. The molecule has 0 amide bonds. The van der Waals surface area contributed by atoms with Gasteiger partial charge in [-0.05, 0) is 17.9 Å². The van der Waals surface area contributed by atoms with E-state index >= 15 is 0 Å². The number of hydrogen-bond acceptors (Lipinski definition) is 3. The summed E-state index contributed by atoms with van der Waals surface area (Å²) in [4.78, 5) is 0. The summed E-state index contributed by atoms with van der Waals surface area (Å²) in [5, 5.41) is 22.7. The second-order valence-corrected chi connectivity index (χ2v) is 4.25. The summed E-state index contributed by atoms with van der Waals surface area (Å²) in [6.45, 7) is 6.24. The topological polar surface area (TPSA) is 58.3 Å². The van der Waals surface area contributed by atoms with Crippen LogP contribution in [0.15, 0.2) is 43.2 Å². The summed E-state index contributed by atoms with van der Waals surface area (Å²) in [6, 6.07) is 5.50. The van der Waals surface area contributed by atoms with Crippen molar-refractivity contribution in [1.82, 2.24) is 9.78 Å². The van der Waals surface area contributed by atoms with Gasteiger partial charge in [-0.15, -0.1) is 6.58 Å². The molecule has 5 heteroatoms. The standard InChI is InChI=1S/C13H15BN2O2/c1-3-4-16-9-12(8-15-16)11-5-10(2)6-13(7-11)14(17)18/h3,5-9,17-18H,1,4H2,2H3. The number of allylic oxidation sites excluding steroid dienone is 1. The van der Waals surface area contributed by atoms with Crippen molar-refractivity contribution in [3.05, 3.63) is 48.8 Å². The molecule has 0 atom stereocenters. The third kappa shape index (κ3) is 2.69. The lowest BCUT2D eigenvalue weighted by atomic mass is 9.78. The smallest absolute Gasteiger partial charge is 0.423 e. The van der Waals surface area contributed by atoms with Gasteiger partial charge in [-0.2, -0.15) is 5.10 Å². The molecule has 0 saturated carbocycles. The molecule has 0 aliphatic heterocycles. The fourth-order valence-corrected chi connectivity index (χ4v) is 1.87. The molecule has 2 rings (SSSR count). The fourth-order valence-electron chi connectivity index (χ4n) is 1.87. The van der Waals surface area contributed by atoms with Crippen molar-refractivity contribution in [2.45, 2.75) is 13.5 Å². The molecule has 0 radical (unpaired) electrons. The normalized spacial score (nSPS) is 10.4. The molecule has 2 aromatic rings. The van der Waals surface area contributed by atoms with E-state index in [2.05, 4.69) is 11.7 Å². The number of hydrogen-bond donors (Lipinski definition) is 2. The summed E-state index contributed by atoms with van der Waals surface area (Å²) in [6.07, 6.45) is 5.44. The van der Waals surface area contributed by atoms with Crippen LogP contribution in [0.4, 0.5) is 0 Å². The third-order valence-electron chi connectivity index (χ3n) is 2.68. The van der Waals surface area contributed by atoms with Gasteiger partial charge >= 0.3 is 7.12 Å². The highest BCUT2D eigenvalue weighted by Crippen LogP contribution is 2.18. The lowest BCUT2D eigenvalue weighted by molar-refractivity contribution is 0.426. The van der Waals surface area contributed by atoms with Gasteiger partial charge in [-0.1, -0.05) is 29.8 Å². The molecule has 0 fully saturated rings. The maximum atomic E-state index is 9.23. The Morgan fingerprint density at radius 1 is 1.33 bits per heavy atom. The second kappa shape index (κ2) is 5.20. The largest absolute Gasteiger partial charge is 0.488 e. The first-order valence-corrected chi connectivity index (χ1v) is 5.71. The van der Waals surface area contributed by atoms with Crippen LogP contribution < -0.4 is 5.46 Å². The van der Waals surface area contributed by atoms with E-state index in [0.29, 0.717) is 12.0 Å². The average molecular weight is 242 g/mol. The molecular weight excluding hydrogens is 227 g/mol. The van der Waals surface area contributed by atoms with Crippen molar-refractivity contribution in [3.63, 3.8) is 0 Å². The minimum Gasteiger partial charge on any atom is -0.423 e. The highest BCUT2D eigenvalue weighted by atomic mass is 16.4. The lowest BCUT2D eigenvalue weighted by Crippen LogP contribution is -2.30. The Morgan fingerprint density at radius 3 is 2.78 bits per heavy atom. The van der Waals surface area contributed by atoms with Gasteiger partial charge in [0.15, 0.2) is 0 Å². The summed E-state index contributed by atoms with van der Waals surface area (Å²) in [7, 11) is -1.45. The van der Waals surface area contributed by atoms with Crippen LogP contribution >= 0.6 is 0 Å². The highest BCUT2D eigenvalue weighted by molar-refractivity contribution is 6.58. The lowest BCUT2D eigenvalue weighted by Gasteiger charge is -2.05. The summed E-state index contributed by atoms with van der Waals surface area (Å²) in [5.74, 6) is 0. The van der Waals surface area contributed by atoms with Crippen LogP contribution in [0.1, 0.15) is 5.56 Å². The first-order valence-electron chi connectivity index (χ1n) is 5.71. The van der Waals surface area contributed by atoms with Crippen LogP contribution in [0.5, 0.6) is 0 Å². The molecule has 1 heterocycles. The van der Waals surface area contributed by atoms with E-state index in [9.17, 15) is 10.0 Å². The first-order chi connectivity index (χ1) is 8.60. The predicted molar refractivity (Wildman–Crippen MR) is 72.4 cm³/mol. The molecule has 92 valence electrons. The number of rotatable bonds is 4. The van der Waals surface area contributed by atoms with E-state index in [0.717, 1.165) is 16.7 Å². The monoisotopic (exact) mass is 242 g/mol. The molecular formula is C13H15BN2O2.